The largest absolute Gasteiger partial charge is 0.492 e. The topological polar surface area (TPSA) is 65.4 Å². The zero-order chi connectivity index (χ0) is 25.5. The Balaban J connectivity index is 1.37. The number of aromatic nitrogens is 2. The number of ether oxygens (including phenoxy) is 2. The molecule has 0 bridgehead atoms. The number of nitrogens with zero attached hydrogens (tertiary/aromatic N) is 2. The second-order valence-corrected chi connectivity index (χ2v) is 9.35. The first-order chi connectivity index (χ1) is 17.4. The fourth-order valence-electron chi connectivity index (χ4n) is 4.13. The third kappa shape index (κ3) is 6.38. The van der Waals surface area contributed by atoms with E-state index in [4.69, 9.17) is 26.1 Å². The van der Waals surface area contributed by atoms with E-state index < -0.39 is 0 Å². The van der Waals surface area contributed by atoms with Crippen LogP contribution in [-0.2, 0) is 11.3 Å². The van der Waals surface area contributed by atoms with Gasteiger partial charge in [-0.05, 0) is 75.1 Å². The number of unbranched alkanes of at least 4 members (excludes halogenated alkanes) is 1. The number of hydrogen-bond acceptors (Lipinski definition) is 4. The third-order valence-corrected chi connectivity index (χ3v) is 6.33. The highest BCUT2D eigenvalue weighted by atomic mass is 35.5. The highest BCUT2D eigenvalue weighted by Gasteiger charge is 2.19. The van der Waals surface area contributed by atoms with Crippen LogP contribution in [0.15, 0.2) is 66.7 Å². The number of carbonyl (C=O) groups is 1. The summed E-state index contributed by atoms with van der Waals surface area (Å²) in [6.07, 6.45) is 1.76. The van der Waals surface area contributed by atoms with E-state index >= 15 is 0 Å². The van der Waals surface area contributed by atoms with Gasteiger partial charge < -0.3 is 19.4 Å². The van der Waals surface area contributed by atoms with E-state index in [0.29, 0.717) is 17.4 Å². The van der Waals surface area contributed by atoms with Gasteiger partial charge >= 0.3 is 0 Å². The number of fused-ring (bicyclic) bond motifs is 1. The fourth-order valence-corrected chi connectivity index (χ4v) is 4.32. The van der Waals surface area contributed by atoms with Gasteiger partial charge in [-0.15, -0.1) is 0 Å². The molecule has 4 aromatic rings. The van der Waals surface area contributed by atoms with E-state index in [1.807, 2.05) is 81.4 Å². The fraction of sp³-hybridized carbons (Fsp3) is 0.310. The Hall–Kier alpha value is -3.51. The number of imidazole rings is 1. The average Bonchev–Trinajstić information content (AvgIpc) is 3.24. The summed E-state index contributed by atoms with van der Waals surface area (Å²) < 4.78 is 13.8. The number of nitrogens with one attached hydrogen (secondary N) is 1. The van der Waals surface area contributed by atoms with E-state index in [2.05, 4.69) is 16.0 Å². The quantitative estimate of drug-likeness (QED) is 0.239. The maximum Gasteiger partial charge on any atom is 0.258 e. The molecule has 0 saturated carbocycles. The average molecular weight is 506 g/mol. The lowest BCUT2D eigenvalue weighted by Crippen LogP contribution is -2.32. The molecule has 1 unspecified atom stereocenters. The van der Waals surface area contributed by atoms with Crippen molar-refractivity contribution in [1.82, 2.24) is 14.9 Å². The molecule has 6 nitrogen and oxygen atoms in total. The van der Waals surface area contributed by atoms with Gasteiger partial charge in [0.15, 0.2) is 6.61 Å². The lowest BCUT2D eigenvalue weighted by atomic mass is 10.1. The molecule has 4 rings (SSSR count). The first-order valence-corrected chi connectivity index (χ1v) is 12.6. The van der Waals surface area contributed by atoms with Crippen molar-refractivity contribution in [3.05, 3.63) is 88.7 Å². The van der Waals surface area contributed by atoms with Crippen molar-refractivity contribution in [2.45, 2.75) is 46.2 Å². The maximum absolute atomic E-state index is 12.7. The van der Waals surface area contributed by atoms with Gasteiger partial charge in [0.05, 0.1) is 28.7 Å². The molecule has 0 saturated heterocycles. The van der Waals surface area contributed by atoms with Gasteiger partial charge in [-0.2, -0.15) is 0 Å². The van der Waals surface area contributed by atoms with Crippen molar-refractivity contribution in [3.8, 4) is 11.5 Å². The van der Waals surface area contributed by atoms with Gasteiger partial charge in [0.2, 0.25) is 0 Å². The first-order valence-electron chi connectivity index (χ1n) is 12.2. The van der Waals surface area contributed by atoms with E-state index in [-0.39, 0.29) is 18.6 Å². The molecule has 1 N–H and O–H groups in total. The zero-order valence-electron chi connectivity index (χ0n) is 21.0. The smallest absolute Gasteiger partial charge is 0.258 e. The molecule has 0 aliphatic carbocycles. The number of amides is 1. The molecule has 0 radical (unpaired) electrons. The molecule has 1 aromatic heterocycles. The van der Waals surface area contributed by atoms with Crippen LogP contribution in [-0.4, -0.2) is 28.7 Å². The van der Waals surface area contributed by atoms with E-state index in [1.165, 1.54) is 0 Å². The zero-order valence-corrected chi connectivity index (χ0v) is 21.7. The summed E-state index contributed by atoms with van der Waals surface area (Å²) in [5.74, 6) is 2.06. The number of para-hydroxylation sites is 3. The number of rotatable bonds is 11. The minimum absolute atomic E-state index is 0.0474. The first kappa shape index (κ1) is 25.6. The monoisotopic (exact) mass is 505 g/mol. The van der Waals surface area contributed by atoms with Crippen LogP contribution in [0, 0.1) is 13.8 Å². The molecule has 1 amide bonds. The molecule has 7 heteroatoms. The number of aryl methyl sites for hydroxylation is 3. The summed E-state index contributed by atoms with van der Waals surface area (Å²) in [5.41, 5.74) is 4.05. The van der Waals surface area contributed by atoms with Crippen LogP contribution in [0.4, 0.5) is 0 Å². The molecule has 3 aromatic carbocycles. The van der Waals surface area contributed by atoms with Gasteiger partial charge in [-0.25, -0.2) is 4.98 Å². The van der Waals surface area contributed by atoms with Crippen LogP contribution in [0.25, 0.3) is 11.0 Å². The summed E-state index contributed by atoms with van der Waals surface area (Å²) >= 11 is 6.17. The van der Waals surface area contributed by atoms with Crippen LogP contribution >= 0.6 is 11.6 Å². The summed E-state index contributed by atoms with van der Waals surface area (Å²) in [5, 5.41) is 3.66. The van der Waals surface area contributed by atoms with E-state index in [9.17, 15) is 4.79 Å². The summed E-state index contributed by atoms with van der Waals surface area (Å²) in [7, 11) is 0. The molecule has 0 fully saturated rings. The molecule has 0 spiro atoms. The van der Waals surface area contributed by atoms with Crippen LogP contribution in [0.5, 0.6) is 11.5 Å². The van der Waals surface area contributed by atoms with Crippen LogP contribution in [0.1, 0.15) is 42.8 Å². The molecule has 188 valence electrons. The minimum atomic E-state index is -0.272. The Bertz CT molecular complexity index is 1330. The highest BCUT2D eigenvalue weighted by molar-refractivity contribution is 6.32. The molecular formula is C29H32ClN3O3. The second kappa shape index (κ2) is 12.0. The minimum Gasteiger partial charge on any atom is -0.492 e. The predicted octanol–water partition coefficient (Wildman–Crippen LogP) is 6.42. The predicted molar refractivity (Wildman–Crippen MR) is 144 cm³/mol. The van der Waals surface area contributed by atoms with Gasteiger partial charge in [0.1, 0.15) is 17.3 Å². The third-order valence-electron chi connectivity index (χ3n) is 6.02. The number of halogens is 1. The van der Waals surface area contributed by atoms with E-state index in [0.717, 1.165) is 53.1 Å². The number of benzene rings is 3. The van der Waals surface area contributed by atoms with Gasteiger partial charge in [-0.3, -0.25) is 4.79 Å². The van der Waals surface area contributed by atoms with Crippen LogP contribution in [0.2, 0.25) is 5.02 Å². The Labute approximate surface area is 217 Å². The number of carbonyl (C=O) groups excluding carboxylic acids is 1. The summed E-state index contributed by atoms with van der Waals surface area (Å²) in [6, 6.07) is 21.2. The Morgan fingerprint density at radius 2 is 1.78 bits per heavy atom. The van der Waals surface area contributed by atoms with Crippen LogP contribution in [0.3, 0.4) is 0 Å². The summed E-state index contributed by atoms with van der Waals surface area (Å²) in [4.78, 5) is 17.5. The molecule has 36 heavy (non-hydrogen) atoms. The van der Waals surface area contributed by atoms with Crippen molar-refractivity contribution >= 4 is 28.5 Å². The SMILES string of the molecule is Cc1ccc(C)c(OCC(=O)NC(C)c2nc3ccccc3n2CCCCOc2ccccc2Cl)c1. The maximum atomic E-state index is 12.7. The van der Waals surface area contributed by atoms with Gasteiger partial charge in [0, 0.05) is 6.54 Å². The molecule has 1 atom stereocenters. The molecule has 1 heterocycles. The van der Waals surface area contributed by atoms with Crippen molar-refractivity contribution in [2.75, 3.05) is 13.2 Å². The molecule has 0 aliphatic rings. The molecule has 0 aliphatic heterocycles. The van der Waals surface area contributed by atoms with Crippen molar-refractivity contribution in [2.24, 2.45) is 0 Å². The van der Waals surface area contributed by atoms with Crippen molar-refractivity contribution in [3.63, 3.8) is 0 Å². The Morgan fingerprint density at radius 1 is 1.00 bits per heavy atom. The second-order valence-electron chi connectivity index (χ2n) is 8.94. The van der Waals surface area contributed by atoms with Gasteiger partial charge in [-0.1, -0.05) is 48.0 Å². The highest BCUT2D eigenvalue weighted by Crippen LogP contribution is 2.24. The van der Waals surface area contributed by atoms with E-state index in [1.54, 1.807) is 0 Å². The lowest BCUT2D eigenvalue weighted by Gasteiger charge is -2.17. The normalized spacial score (nSPS) is 11.9. The van der Waals surface area contributed by atoms with Gasteiger partial charge in [0.25, 0.3) is 5.91 Å². The Kier molecular flexibility index (Phi) is 8.49. The lowest BCUT2D eigenvalue weighted by molar-refractivity contribution is -0.123. The van der Waals surface area contributed by atoms with Crippen molar-refractivity contribution in [1.29, 1.82) is 0 Å². The number of hydrogen-bond donors (Lipinski definition) is 1. The Morgan fingerprint density at radius 3 is 2.61 bits per heavy atom. The van der Waals surface area contributed by atoms with Crippen LogP contribution < -0.4 is 14.8 Å². The molecular weight excluding hydrogens is 474 g/mol. The summed E-state index contributed by atoms with van der Waals surface area (Å²) in [6.45, 7) is 7.22. The van der Waals surface area contributed by atoms with Crippen molar-refractivity contribution < 1.29 is 14.3 Å². The standard InChI is InChI=1S/C29H32ClN3O3/c1-20-14-15-21(2)27(18-20)36-19-28(34)31-22(3)29-32-24-11-5-6-12-25(24)33(29)16-8-9-17-35-26-13-7-4-10-23(26)30/h4-7,10-15,18,22H,8-9,16-17,19H2,1-3H3,(H,31,34).